The van der Waals surface area contributed by atoms with Gasteiger partial charge in [-0.05, 0) is 29.3 Å². The van der Waals surface area contributed by atoms with E-state index in [2.05, 4.69) is 60.8 Å². The number of nitrogens with zero attached hydrogens (tertiary/aromatic N) is 2. The van der Waals surface area contributed by atoms with Gasteiger partial charge in [0.25, 0.3) is 0 Å². The summed E-state index contributed by atoms with van der Waals surface area (Å²) in [5.41, 5.74) is 3.14. The lowest BCUT2D eigenvalue weighted by molar-refractivity contribution is 0.327. The Balaban J connectivity index is 1.74. The number of fused-ring (bicyclic) bond motifs is 2. The average molecular weight is 446 g/mol. The fourth-order valence-electron chi connectivity index (χ4n) is 4.34. The van der Waals surface area contributed by atoms with Crippen molar-refractivity contribution in [3.05, 3.63) is 65.7 Å². The molecule has 0 saturated heterocycles. The van der Waals surface area contributed by atoms with E-state index in [1.165, 1.54) is 16.3 Å². The summed E-state index contributed by atoms with van der Waals surface area (Å²) in [5, 5.41) is 7.09. The van der Waals surface area contributed by atoms with E-state index in [1.54, 1.807) is 21.3 Å². The first-order valence-corrected chi connectivity index (χ1v) is 11.0. The minimum absolute atomic E-state index is 0.161. The van der Waals surface area contributed by atoms with E-state index in [-0.39, 0.29) is 6.04 Å². The molecule has 0 aliphatic carbocycles. The van der Waals surface area contributed by atoms with Gasteiger partial charge in [-0.2, -0.15) is 0 Å². The van der Waals surface area contributed by atoms with Crippen LogP contribution in [0.4, 0.5) is 5.82 Å². The van der Waals surface area contributed by atoms with Crippen LogP contribution in [0, 0.1) is 0 Å². The largest absolute Gasteiger partial charge is 0.493 e. The quantitative estimate of drug-likeness (QED) is 0.396. The molecule has 4 rings (SSSR count). The third-order valence-electron chi connectivity index (χ3n) is 5.99. The molecule has 33 heavy (non-hydrogen) atoms. The SMILES string of the molecule is COc1cc2nc(N(C)C)c(CN[C@H](C)c3cccc4ccccc34)cc2c(OC)c1OC. The lowest BCUT2D eigenvalue weighted by atomic mass is 9.99. The van der Waals surface area contributed by atoms with Crippen molar-refractivity contribution in [3.8, 4) is 17.2 Å². The van der Waals surface area contributed by atoms with Crippen LogP contribution in [0.5, 0.6) is 17.2 Å². The van der Waals surface area contributed by atoms with Crippen LogP contribution in [-0.4, -0.2) is 40.4 Å². The maximum Gasteiger partial charge on any atom is 0.204 e. The number of nitrogens with one attached hydrogen (secondary N) is 1. The Hall–Kier alpha value is -3.51. The van der Waals surface area contributed by atoms with Gasteiger partial charge in [0.2, 0.25) is 5.75 Å². The summed E-state index contributed by atoms with van der Waals surface area (Å²) in [4.78, 5) is 6.97. The molecule has 0 aliphatic heterocycles. The number of aromatic nitrogens is 1. The summed E-state index contributed by atoms with van der Waals surface area (Å²) in [6.07, 6.45) is 0. The molecule has 6 heteroatoms. The summed E-state index contributed by atoms with van der Waals surface area (Å²) in [6.45, 7) is 2.85. The molecule has 0 aliphatic rings. The van der Waals surface area contributed by atoms with Gasteiger partial charge in [-0.1, -0.05) is 42.5 Å². The number of benzene rings is 3. The Bertz CT molecular complexity index is 1280. The number of pyridine rings is 1. The fourth-order valence-corrected chi connectivity index (χ4v) is 4.34. The number of anilines is 1. The lowest BCUT2D eigenvalue weighted by Crippen LogP contribution is -2.21. The van der Waals surface area contributed by atoms with Crippen molar-refractivity contribution in [1.82, 2.24) is 10.3 Å². The Kier molecular flexibility index (Phi) is 6.56. The molecule has 4 aromatic rings. The number of rotatable bonds is 8. The molecule has 0 fully saturated rings. The zero-order chi connectivity index (χ0) is 23.5. The van der Waals surface area contributed by atoms with E-state index in [1.807, 2.05) is 25.1 Å². The van der Waals surface area contributed by atoms with Crippen LogP contribution in [0.2, 0.25) is 0 Å². The highest BCUT2D eigenvalue weighted by Gasteiger charge is 2.20. The second-order valence-corrected chi connectivity index (χ2v) is 8.25. The molecule has 1 atom stereocenters. The molecule has 0 bridgehead atoms. The molecule has 0 amide bonds. The summed E-state index contributed by atoms with van der Waals surface area (Å²) in [5.74, 6) is 2.67. The molecule has 0 unspecified atom stereocenters. The minimum atomic E-state index is 0.161. The van der Waals surface area contributed by atoms with Gasteiger partial charge >= 0.3 is 0 Å². The van der Waals surface area contributed by atoms with Crippen LogP contribution in [-0.2, 0) is 6.54 Å². The van der Waals surface area contributed by atoms with E-state index in [0.29, 0.717) is 23.8 Å². The van der Waals surface area contributed by atoms with Crippen LogP contribution < -0.4 is 24.4 Å². The Morgan fingerprint density at radius 2 is 1.61 bits per heavy atom. The van der Waals surface area contributed by atoms with E-state index >= 15 is 0 Å². The Morgan fingerprint density at radius 1 is 0.879 bits per heavy atom. The van der Waals surface area contributed by atoms with E-state index in [0.717, 1.165) is 22.3 Å². The standard InChI is InChI=1S/C27H31N3O3/c1-17(20-13-9-11-18-10-7-8-12-21(18)20)28-16-19-14-22-23(29-27(19)30(2)3)15-24(31-4)26(33-6)25(22)32-5/h7-15,17,28H,16H2,1-6H3/t17-/m1/s1. The highest BCUT2D eigenvalue weighted by atomic mass is 16.5. The third-order valence-corrected chi connectivity index (χ3v) is 5.99. The number of hydrogen-bond acceptors (Lipinski definition) is 6. The zero-order valence-electron chi connectivity index (χ0n) is 20.1. The molecular weight excluding hydrogens is 414 g/mol. The third kappa shape index (κ3) is 4.26. The molecule has 1 N–H and O–H groups in total. The predicted molar refractivity (Wildman–Crippen MR) is 135 cm³/mol. The van der Waals surface area contributed by atoms with Gasteiger partial charge in [0.1, 0.15) is 5.82 Å². The van der Waals surface area contributed by atoms with Crippen LogP contribution >= 0.6 is 0 Å². The second-order valence-electron chi connectivity index (χ2n) is 8.25. The molecule has 172 valence electrons. The molecular formula is C27H31N3O3. The van der Waals surface area contributed by atoms with Gasteiger partial charge in [-0.15, -0.1) is 0 Å². The topological polar surface area (TPSA) is 55.9 Å². The van der Waals surface area contributed by atoms with Gasteiger partial charge in [0, 0.05) is 43.7 Å². The first-order valence-electron chi connectivity index (χ1n) is 11.0. The number of ether oxygens (including phenoxy) is 3. The number of methoxy groups -OCH3 is 3. The van der Waals surface area contributed by atoms with Gasteiger partial charge in [0.15, 0.2) is 11.5 Å². The number of hydrogen-bond donors (Lipinski definition) is 1. The van der Waals surface area contributed by atoms with Crippen LogP contribution in [0.1, 0.15) is 24.1 Å². The maximum atomic E-state index is 5.71. The maximum absolute atomic E-state index is 5.71. The Labute approximate surface area is 195 Å². The van der Waals surface area contributed by atoms with Crippen LogP contribution in [0.3, 0.4) is 0 Å². The first kappa shape index (κ1) is 22.7. The van der Waals surface area contributed by atoms with Crippen molar-refractivity contribution in [3.63, 3.8) is 0 Å². The van der Waals surface area contributed by atoms with Crippen molar-refractivity contribution < 1.29 is 14.2 Å². The minimum Gasteiger partial charge on any atom is -0.493 e. The van der Waals surface area contributed by atoms with Crippen molar-refractivity contribution in [2.75, 3.05) is 40.3 Å². The molecule has 0 radical (unpaired) electrons. The summed E-state index contributed by atoms with van der Waals surface area (Å²) < 4.78 is 16.8. The van der Waals surface area contributed by atoms with Crippen LogP contribution in [0.15, 0.2) is 54.6 Å². The van der Waals surface area contributed by atoms with Gasteiger partial charge < -0.3 is 24.4 Å². The summed E-state index contributed by atoms with van der Waals surface area (Å²) in [7, 11) is 8.87. The van der Waals surface area contributed by atoms with Crippen molar-refractivity contribution in [1.29, 1.82) is 0 Å². The summed E-state index contributed by atoms with van der Waals surface area (Å²) in [6, 6.07) is 19.1. The predicted octanol–water partition coefficient (Wildman–Crippen LogP) is 5.33. The van der Waals surface area contributed by atoms with Crippen molar-refractivity contribution in [2.45, 2.75) is 19.5 Å². The van der Waals surface area contributed by atoms with Crippen LogP contribution in [0.25, 0.3) is 21.7 Å². The molecule has 0 saturated carbocycles. The normalized spacial score (nSPS) is 12.1. The van der Waals surface area contributed by atoms with Crippen molar-refractivity contribution in [2.24, 2.45) is 0 Å². The van der Waals surface area contributed by atoms with Gasteiger partial charge in [-0.25, -0.2) is 4.98 Å². The van der Waals surface area contributed by atoms with Gasteiger partial charge in [0.05, 0.1) is 26.8 Å². The highest BCUT2D eigenvalue weighted by molar-refractivity contribution is 5.92. The molecule has 0 spiro atoms. The first-order chi connectivity index (χ1) is 16.0. The monoisotopic (exact) mass is 445 g/mol. The zero-order valence-corrected chi connectivity index (χ0v) is 20.1. The average Bonchev–Trinajstić information content (AvgIpc) is 2.84. The van der Waals surface area contributed by atoms with E-state index in [9.17, 15) is 0 Å². The molecule has 6 nitrogen and oxygen atoms in total. The Morgan fingerprint density at radius 3 is 2.30 bits per heavy atom. The molecule has 1 heterocycles. The van der Waals surface area contributed by atoms with Crippen molar-refractivity contribution >= 4 is 27.5 Å². The lowest BCUT2D eigenvalue weighted by Gasteiger charge is -2.22. The van der Waals surface area contributed by atoms with Gasteiger partial charge in [-0.3, -0.25) is 0 Å². The van der Waals surface area contributed by atoms with E-state index in [4.69, 9.17) is 19.2 Å². The fraction of sp³-hybridized carbons (Fsp3) is 0.296. The summed E-state index contributed by atoms with van der Waals surface area (Å²) >= 11 is 0. The molecule has 1 aromatic heterocycles. The second kappa shape index (κ2) is 9.55. The van der Waals surface area contributed by atoms with E-state index < -0.39 is 0 Å². The highest BCUT2D eigenvalue weighted by Crippen LogP contribution is 2.44. The molecule has 3 aromatic carbocycles. The smallest absolute Gasteiger partial charge is 0.204 e.